The summed E-state index contributed by atoms with van der Waals surface area (Å²) in [4.78, 5) is 12.2. The van der Waals surface area contributed by atoms with E-state index in [1.165, 1.54) is 38.5 Å². The molecule has 0 heterocycles. The maximum atomic E-state index is 12.2. The number of carbonyl (C=O) groups is 1. The molecule has 0 spiro atoms. The van der Waals surface area contributed by atoms with Gasteiger partial charge in [0.25, 0.3) is 0 Å². The lowest BCUT2D eigenvalue weighted by molar-refractivity contribution is -0.151. The van der Waals surface area contributed by atoms with Crippen LogP contribution in [0.5, 0.6) is 0 Å². The Kier molecular flexibility index (Phi) is 18.8. The Hall–Kier alpha value is -0.530. The average molecular weight is 433 g/mol. The van der Waals surface area contributed by atoms with Gasteiger partial charge in [-0.2, -0.15) is 0 Å². The first-order valence-electron chi connectivity index (χ1n) is 12.3. The molecule has 0 aromatic rings. The highest BCUT2D eigenvalue weighted by Gasteiger charge is 2.36. The van der Waals surface area contributed by atoms with Crippen LogP contribution in [-0.2, 0) is 4.79 Å². The molecule has 5 atom stereocenters. The molecule has 0 aliphatic carbocycles. The number of hydrogen-bond donors (Lipinski definition) is 5. The Morgan fingerprint density at radius 2 is 1.03 bits per heavy atom. The summed E-state index contributed by atoms with van der Waals surface area (Å²) in [5, 5.41) is 49.0. The summed E-state index contributed by atoms with van der Waals surface area (Å²) >= 11 is 0. The second-order valence-electron chi connectivity index (χ2n) is 8.76. The van der Waals surface area contributed by atoms with Crippen molar-refractivity contribution in [1.29, 1.82) is 0 Å². The van der Waals surface area contributed by atoms with Crippen LogP contribution in [0.2, 0.25) is 0 Å². The molecule has 6 nitrogen and oxygen atoms in total. The minimum absolute atomic E-state index is 0.218. The van der Waals surface area contributed by atoms with E-state index in [1.807, 2.05) is 0 Å². The van der Waals surface area contributed by atoms with Crippen molar-refractivity contribution < 1.29 is 30.3 Å². The molecule has 0 saturated carbocycles. The van der Waals surface area contributed by atoms with Crippen LogP contribution >= 0.6 is 0 Å². The number of hydrogen-bond acceptors (Lipinski definition) is 6. The van der Waals surface area contributed by atoms with Gasteiger partial charge in [0.05, 0.1) is 12.7 Å². The SMILES string of the molecule is CCCCCCCCCCC(CCCCCCC)C(O)[C@H](O)C(=O)[C@H](O)[C@H](O)CO. The fraction of sp³-hybridized carbons (Fsp3) is 0.958. The topological polar surface area (TPSA) is 118 Å². The molecule has 0 amide bonds. The highest BCUT2D eigenvalue weighted by molar-refractivity contribution is 5.88. The van der Waals surface area contributed by atoms with E-state index in [1.54, 1.807) is 0 Å². The molecule has 0 aromatic carbocycles. The minimum Gasteiger partial charge on any atom is -0.394 e. The zero-order chi connectivity index (χ0) is 22.8. The molecule has 30 heavy (non-hydrogen) atoms. The van der Waals surface area contributed by atoms with Crippen molar-refractivity contribution in [3.05, 3.63) is 0 Å². The maximum absolute atomic E-state index is 12.2. The molecule has 5 N–H and O–H groups in total. The van der Waals surface area contributed by atoms with Gasteiger partial charge in [0.2, 0.25) is 0 Å². The van der Waals surface area contributed by atoms with Crippen molar-refractivity contribution >= 4 is 5.78 Å². The number of Topliss-reactive ketones (excluding diaryl/α,β-unsaturated/α-hetero) is 1. The molecule has 0 aromatic heterocycles. The summed E-state index contributed by atoms with van der Waals surface area (Å²) in [5.74, 6) is -1.25. The summed E-state index contributed by atoms with van der Waals surface area (Å²) in [5.41, 5.74) is 0. The van der Waals surface area contributed by atoms with Crippen molar-refractivity contribution in [2.75, 3.05) is 6.61 Å². The molecule has 6 heteroatoms. The van der Waals surface area contributed by atoms with Gasteiger partial charge in [-0.1, -0.05) is 97.3 Å². The molecule has 0 aliphatic heterocycles. The van der Waals surface area contributed by atoms with Crippen molar-refractivity contribution in [3.8, 4) is 0 Å². The van der Waals surface area contributed by atoms with Gasteiger partial charge in [0, 0.05) is 0 Å². The standard InChI is InChI=1S/C24H48O6/c1-3-5-7-9-10-11-13-15-17-19(16-14-12-8-6-4-2)21(27)23(29)24(30)22(28)20(26)18-25/h19-23,25-29H,3-18H2,1-2H3/t19?,20-,21?,22-,23+/m1/s1. The van der Waals surface area contributed by atoms with Crippen molar-refractivity contribution in [2.45, 2.75) is 135 Å². The van der Waals surface area contributed by atoms with Gasteiger partial charge >= 0.3 is 0 Å². The van der Waals surface area contributed by atoms with Crippen LogP contribution in [0.15, 0.2) is 0 Å². The van der Waals surface area contributed by atoms with E-state index in [2.05, 4.69) is 13.8 Å². The van der Waals surface area contributed by atoms with E-state index in [0.717, 1.165) is 57.8 Å². The predicted molar refractivity (Wildman–Crippen MR) is 120 cm³/mol. The van der Waals surface area contributed by atoms with E-state index in [4.69, 9.17) is 5.11 Å². The van der Waals surface area contributed by atoms with Crippen LogP contribution < -0.4 is 0 Å². The molecule has 0 aliphatic rings. The Morgan fingerprint density at radius 1 is 0.633 bits per heavy atom. The molecular weight excluding hydrogens is 384 g/mol. The average Bonchev–Trinajstić information content (AvgIpc) is 2.76. The van der Waals surface area contributed by atoms with Crippen LogP contribution in [0.3, 0.4) is 0 Å². The summed E-state index contributed by atoms with van der Waals surface area (Å²) in [6, 6.07) is 0. The monoisotopic (exact) mass is 432 g/mol. The fourth-order valence-corrected chi connectivity index (χ4v) is 3.93. The van der Waals surface area contributed by atoms with Crippen molar-refractivity contribution in [3.63, 3.8) is 0 Å². The Labute approximate surface area is 183 Å². The summed E-state index contributed by atoms with van der Waals surface area (Å²) in [6.45, 7) is 3.58. The molecule has 0 radical (unpaired) electrons. The van der Waals surface area contributed by atoms with E-state index in [0.29, 0.717) is 0 Å². The van der Waals surface area contributed by atoms with E-state index in [-0.39, 0.29) is 5.92 Å². The van der Waals surface area contributed by atoms with Gasteiger partial charge in [-0.05, 0) is 18.8 Å². The molecule has 2 unspecified atom stereocenters. The highest BCUT2D eigenvalue weighted by atomic mass is 16.4. The molecule has 0 fully saturated rings. The number of aliphatic hydroxyl groups is 5. The highest BCUT2D eigenvalue weighted by Crippen LogP contribution is 2.25. The smallest absolute Gasteiger partial charge is 0.195 e. The third-order valence-electron chi connectivity index (χ3n) is 6.05. The van der Waals surface area contributed by atoms with Gasteiger partial charge in [-0.15, -0.1) is 0 Å². The Balaban J connectivity index is 4.59. The Morgan fingerprint density at radius 3 is 1.43 bits per heavy atom. The Bertz CT molecular complexity index is 403. The normalized spacial score (nSPS) is 16.8. The lowest BCUT2D eigenvalue weighted by atomic mass is 9.85. The second kappa shape index (κ2) is 19.2. The molecule has 0 rings (SSSR count). The molecular formula is C24H48O6. The van der Waals surface area contributed by atoms with Crippen LogP contribution in [0, 0.1) is 5.92 Å². The second-order valence-corrected chi connectivity index (χ2v) is 8.76. The number of carbonyl (C=O) groups excluding carboxylic acids is 1. The summed E-state index contributed by atoms with van der Waals surface area (Å²) in [7, 11) is 0. The first kappa shape index (κ1) is 29.5. The summed E-state index contributed by atoms with van der Waals surface area (Å²) in [6.07, 6.45) is 9.80. The minimum atomic E-state index is -1.90. The van der Waals surface area contributed by atoms with Crippen molar-refractivity contribution in [2.24, 2.45) is 5.92 Å². The van der Waals surface area contributed by atoms with Gasteiger partial charge in [-0.25, -0.2) is 0 Å². The third-order valence-corrected chi connectivity index (χ3v) is 6.05. The van der Waals surface area contributed by atoms with E-state index >= 15 is 0 Å². The lowest BCUT2D eigenvalue weighted by Gasteiger charge is -2.28. The molecule has 0 saturated heterocycles. The zero-order valence-electron chi connectivity index (χ0n) is 19.3. The largest absolute Gasteiger partial charge is 0.394 e. The molecule has 180 valence electrons. The van der Waals surface area contributed by atoms with Crippen LogP contribution in [-0.4, -0.2) is 62.3 Å². The molecule has 0 bridgehead atoms. The van der Waals surface area contributed by atoms with Crippen LogP contribution in [0.25, 0.3) is 0 Å². The quantitative estimate of drug-likeness (QED) is 0.177. The maximum Gasteiger partial charge on any atom is 0.195 e. The number of rotatable bonds is 21. The van der Waals surface area contributed by atoms with E-state index < -0.39 is 36.8 Å². The zero-order valence-corrected chi connectivity index (χ0v) is 19.3. The number of aliphatic hydroxyl groups excluding tert-OH is 5. The summed E-state index contributed by atoms with van der Waals surface area (Å²) < 4.78 is 0. The van der Waals surface area contributed by atoms with Gasteiger partial charge < -0.3 is 25.5 Å². The number of unbranched alkanes of at least 4 members (excludes halogenated alkanes) is 11. The van der Waals surface area contributed by atoms with Gasteiger partial charge in [0.15, 0.2) is 5.78 Å². The van der Waals surface area contributed by atoms with Crippen molar-refractivity contribution in [1.82, 2.24) is 0 Å². The van der Waals surface area contributed by atoms with Crippen LogP contribution in [0.4, 0.5) is 0 Å². The van der Waals surface area contributed by atoms with Crippen LogP contribution in [0.1, 0.15) is 110 Å². The van der Waals surface area contributed by atoms with E-state index in [9.17, 15) is 25.2 Å². The fourth-order valence-electron chi connectivity index (χ4n) is 3.93. The van der Waals surface area contributed by atoms with Gasteiger partial charge in [-0.3, -0.25) is 4.79 Å². The lowest BCUT2D eigenvalue weighted by Crippen LogP contribution is -2.48. The number of ketones is 1. The predicted octanol–water partition coefficient (Wildman–Crippen LogP) is 3.50. The van der Waals surface area contributed by atoms with Gasteiger partial charge in [0.1, 0.15) is 18.3 Å². The first-order chi connectivity index (χ1) is 14.4. The first-order valence-corrected chi connectivity index (χ1v) is 12.3. The third kappa shape index (κ3) is 13.0.